The van der Waals surface area contributed by atoms with Crippen molar-refractivity contribution >= 4 is 39.7 Å². The lowest BCUT2D eigenvalue weighted by molar-refractivity contribution is -0.117. The maximum Gasteiger partial charge on any atom is 0.241 e. The van der Waals surface area contributed by atoms with Crippen LogP contribution in [0.3, 0.4) is 0 Å². The molecule has 5 N–H and O–H groups in total. The summed E-state index contributed by atoms with van der Waals surface area (Å²) in [6.45, 7) is 0.889. The second kappa shape index (κ2) is 8.64. The summed E-state index contributed by atoms with van der Waals surface area (Å²) < 4.78 is 0. The number of para-hydroxylation sites is 1. The van der Waals surface area contributed by atoms with Crippen LogP contribution in [0.25, 0.3) is 10.9 Å². The molecular formula is C26H25N7O. The number of nitrogens with one attached hydrogen (secondary N) is 5. The first kappa shape index (κ1) is 20.4. The molecule has 2 unspecified atom stereocenters. The van der Waals surface area contributed by atoms with E-state index in [2.05, 4.69) is 49.7 Å². The highest BCUT2D eigenvalue weighted by atomic mass is 16.2. The number of hydrogen-bond acceptors (Lipinski definition) is 6. The summed E-state index contributed by atoms with van der Waals surface area (Å²) in [6.07, 6.45) is 3.44. The second-order valence-corrected chi connectivity index (χ2v) is 8.63. The molecule has 1 aromatic heterocycles. The van der Waals surface area contributed by atoms with Crippen molar-refractivity contribution in [2.75, 3.05) is 22.5 Å². The molecular weight excluding hydrogens is 426 g/mol. The first-order valence-electron chi connectivity index (χ1n) is 11.5. The number of nitrogens with zero attached hydrogens (tertiary/aromatic N) is 2. The Bertz CT molecular complexity index is 1390. The fraction of sp³-hybridized carbons (Fsp3) is 0.192. The number of carbonyl (C=O) groups excluding carboxylic acids is 1. The lowest BCUT2D eigenvalue weighted by atomic mass is 10.1. The number of amides is 1. The number of H-pyrrole nitrogens is 1. The Balaban J connectivity index is 1.29. The second-order valence-electron chi connectivity index (χ2n) is 8.63. The van der Waals surface area contributed by atoms with Crippen molar-refractivity contribution in [2.45, 2.75) is 25.0 Å². The number of hydrogen-bond donors (Lipinski definition) is 5. The smallest absolute Gasteiger partial charge is 0.241 e. The quantitative estimate of drug-likeness (QED) is 0.312. The van der Waals surface area contributed by atoms with Crippen LogP contribution in [0, 0.1) is 0 Å². The standard InChI is InChI=1S/C26H25N7O/c34-26(23-9-4-12-27-23)30-18-6-3-5-16(13-18)24-31-22-8-2-1-7-20(22)25(32-24)29-19-10-11-21-17(14-19)15-28-33-21/h1-3,5-8,10-11,13-15,23,25,27,29H,4,9,12H2,(H,28,33)(H,30,34)(H,31,32). The molecule has 8 nitrogen and oxygen atoms in total. The van der Waals surface area contributed by atoms with Crippen LogP contribution in [0.2, 0.25) is 0 Å². The number of anilines is 3. The lowest BCUT2D eigenvalue weighted by Crippen LogP contribution is -2.35. The van der Waals surface area contributed by atoms with Gasteiger partial charge in [0.05, 0.1) is 17.8 Å². The molecule has 6 rings (SSSR count). The number of aromatic amines is 1. The van der Waals surface area contributed by atoms with Crippen LogP contribution < -0.4 is 21.3 Å². The number of rotatable bonds is 5. The van der Waals surface area contributed by atoms with Crippen LogP contribution in [0.1, 0.15) is 30.1 Å². The van der Waals surface area contributed by atoms with Gasteiger partial charge >= 0.3 is 0 Å². The largest absolute Gasteiger partial charge is 0.360 e. The Morgan fingerprint density at radius 3 is 2.85 bits per heavy atom. The minimum absolute atomic E-state index is 0.00715. The monoisotopic (exact) mass is 451 g/mol. The van der Waals surface area contributed by atoms with Gasteiger partial charge in [-0.2, -0.15) is 5.10 Å². The Morgan fingerprint density at radius 1 is 1.00 bits per heavy atom. The third-order valence-electron chi connectivity index (χ3n) is 6.29. The van der Waals surface area contributed by atoms with E-state index in [1.54, 1.807) is 0 Å². The highest BCUT2D eigenvalue weighted by Crippen LogP contribution is 2.33. The third kappa shape index (κ3) is 3.99. The van der Waals surface area contributed by atoms with Gasteiger partial charge in [0.25, 0.3) is 0 Å². The predicted molar refractivity (Wildman–Crippen MR) is 135 cm³/mol. The maximum absolute atomic E-state index is 12.6. The normalized spacial score (nSPS) is 19.2. The van der Waals surface area contributed by atoms with Gasteiger partial charge < -0.3 is 21.3 Å². The van der Waals surface area contributed by atoms with Gasteiger partial charge in [-0.15, -0.1) is 0 Å². The molecule has 170 valence electrons. The van der Waals surface area contributed by atoms with Gasteiger partial charge in [-0.3, -0.25) is 9.89 Å². The molecule has 0 radical (unpaired) electrons. The fourth-order valence-corrected chi connectivity index (χ4v) is 4.54. The summed E-state index contributed by atoms with van der Waals surface area (Å²) >= 11 is 0. The van der Waals surface area contributed by atoms with Crippen molar-refractivity contribution in [2.24, 2.45) is 4.99 Å². The van der Waals surface area contributed by atoms with E-state index in [4.69, 9.17) is 4.99 Å². The van der Waals surface area contributed by atoms with Crippen LogP contribution in [0.4, 0.5) is 17.1 Å². The van der Waals surface area contributed by atoms with Gasteiger partial charge in [0.2, 0.25) is 5.91 Å². The fourth-order valence-electron chi connectivity index (χ4n) is 4.54. The van der Waals surface area contributed by atoms with Crippen molar-refractivity contribution in [1.29, 1.82) is 0 Å². The van der Waals surface area contributed by atoms with Crippen LogP contribution >= 0.6 is 0 Å². The zero-order valence-corrected chi connectivity index (χ0v) is 18.5. The van der Waals surface area contributed by atoms with E-state index in [0.29, 0.717) is 0 Å². The maximum atomic E-state index is 12.6. The molecule has 1 amide bonds. The summed E-state index contributed by atoms with van der Waals surface area (Å²) in [5.74, 6) is 0.753. The lowest BCUT2D eigenvalue weighted by Gasteiger charge is -2.27. The van der Waals surface area contributed by atoms with E-state index >= 15 is 0 Å². The molecule has 1 saturated heterocycles. The molecule has 3 heterocycles. The number of carbonyl (C=O) groups is 1. The van der Waals surface area contributed by atoms with Crippen LogP contribution in [-0.2, 0) is 4.79 Å². The van der Waals surface area contributed by atoms with E-state index in [-0.39, 0.29) is 18.1 Å². The number of aliphatic imine (C=N–C) groups is 1. The molecule has 0 bridgehead atoms. The third-order valence-corrected chi connectivity index (χ3v) is 6.29. The summed E-state index contributed by atoms with van der Waals surface area (Å²) in [7, 11) is 0. The van der Waals surface area contributed by atoms with Crippen molar-refractivity contribution in [3.05, 3.63) is 84.1 Å². The highest BCUT2D eigenvalue weighted by molar-refractivity contribution is 6.10. The molecule has 2 aliphatic rings. The molecule has 0 spiro atoms. The van der Waals surface area contributed by atoms with Gasteiger partial charge in [-0.05, 0) is 55.8 Å². The first-order valence-corrected chi connectivity index (χ1v) is 11.5. The number of aromatic nitrogens is 2. The summed E-state index contributed by atoms with van der Waals surface area (Å²) in [4.78, 5) is 17.6. The zero-order valence-electron chi connectivity index (χ0n) is 18.5. The molecule has 0 saturated carbocycles. The molecule has 2 atom stereocenters. The molecule has 1 fully saturated rings. The van der Waals surface area contributed by atoms with E-state index < -0.39 is 0 Å². The van der Waals surface area contributed by atoms with Crippen LogP contribution in [-0.4, -0.2) is 34.5 Å². The molecule has 34 heavy (non-hydrogen) atoms. The molecule has 8 heteroatoms. The van der Waals surface area contributed by atoms with E-state index in [1.165, 1.54) is 0 Å². The van der Waals surface area contributed by atoms with Gasteiger partial charge in [0, 0.05) is 33.6 Å². The topological polar surface area (TPSA) is 106 Å². The van der Waals surface area contributed by atoms with E-state index in [9.17, 15) is 4.79 Å². The zero-order chi connectivity index (χ0) is 22.9. The number of benzene rings is 3. The Kier molecular flexibility index (Phi) is 5.20. The van der Waals surface area contributed by atoms with Gasteiger partial charge in [0.15, 0.2) is 0 Å². The molecule has 3 aromatic carbocycles. The average molecular weight is 452 g/mol. The Hall–Kier alpha value is -4.17. The van der Waals surface area contributed by atoms with Gasteiger partial charge in [0.1, 0.15) is 12.0 Å². The summed E-state index contributed by atoms with van der Waals surface area (Å²) in [5, 5.41) is 21.4. The Labute approximate surface area is 196 Å². The molecule has 2 aliphatic heterocycles. The summed E-state index contributed by atoms with van der Waals surface area (Å²) in [5.41, 5.74) is 5.68. The van der Waals surface area contributed by atoms with Gasteiger partial charge in [-0.1, -0.05) is 30.3 Å². The number of amidine groups is 1. The van der Waals surface area contributed by atoms with Crippen molar-refractivity contribution in [1.82, 2.24) is 15.5 Å². The Morgan fingerprint density at radius 2 is 1.94 bits per heavy atom. The minimum atomic E-state index is -0.266. The van der Waals surface area contributed by atoms with Gasteiger partial charge in [-0.25, -0.2) is 4.99 Å². The minimum Gasteiger partial charge on any atom is -0.360 e. The molecule has 0 aliphatic carbocycles. The molecule has 4 aromatic rings. The van der Waals surface area contributed by atoms with Crippen molar-refractivity contribution in [3.8, 4) is 0 Å². The van der Waals surface area contributed by atoms with Crippen LogP contribution in [0.15, 0.2) is 77.9 Å². The van der Waals surface area contributed by atoms with Crippen molar-refractivity contribution < 1.29 is 4.79 Å². The SMILES string of the molecule is O=C(Nc1cccc(C2=NC(Nc3ccc4[nH]ncc4c3)c3ccccc3N2)c1)C1CCCN1. The average Bonchev–Trinajstić information content (AvgIpc) is 3.56. The number of fused-ring (bicyclic) bond motifs is 2. The summed E-state index contributed by atoms with van der Waals surface area (Å²) in [6, 6.07) is 21.9. The van der Waals surface area contributed by atoms with Crippen LogP contribution in [0.5, 0.6) is 0 Å². The van der Waals surface area contributed by atoms with Crippen molar-refractivity contribution in [3.63, 3.8) is 0 Å². The van der Waals surface area contributed by atoms with E-state index in [0.717, 1.165) is 64.3 Å². The first-order chi connectivity index (χ1) is 16.7. The highest BCUT2D eigenvalue weighted by Gasteiger charge is 2.24. The van der Waals surface area contributed by atoms with E-state index in [1.807, 2.05) is 54.7 Å². The predicted octanol–water partition coefficient (Wildman–Crippen LogP) is 4.24.